The average Bonchev–Trinajstić information content (AvgIpc) is 3.45. The van der Waals surface area contributed by atoms with Crippen LogP contribution >= 0.6 is 0 Å². The third kappa shape index (κ3) is 3.83. The van der Waals surface area contributed by atoms with Crippen LogP contribution in [0.5, 0.6) is 5.75 Å². The quantitative estimate of drug-likeness (QED) is 0.667. The molecule has 0 bridgehead atoms. The smallest absolute Gasteiger partial charge is 0.287 e. The molecule has 1 aromatic heterocycles. The fourth-order valence-electron chi connectivity index (χ4n) is 3.35. The Kier molecular flexibility index (Phi) is 4.62. The van der Waals surface area contributed by atoms with Crippen LogP contribution < -0.4 is 15.8 Å². The van der Waals surface area contributed by atoms with E-state index in [2.05, 4.69) is 11.4 Å². The lowest BCUT2D eigenvalue weighted by atomic mass is 9.96. The van der Waals surface area contributed by atoms with Crippen LogP contribution in [0.15, 0.2) is 59.0 Å². The molecule has 2 aromatic carbocycles. The first-order valence-electron chi connectivity index (χ1n) is 9.30. The summed E-state index contributed by atoms with van der Waals surface area (Å²) in [7, 11) is 0. The molecule has 1 amide bonds. The average molecular weight is 364 g/mol. The number of benzene rings is 2. The molecule has 1 aliphatic rings. The second-order valence-electron chi connectivity index (χ2n) is 7.41. The summed E-state index contributed by atoms with van der Waals surface area (Å²) in [5.74, 6) is 1.88. The Labute approximate surface area is 158 Å². The van der Waals surface area contributed by atoms with Gasteiger partial charge in [-0.15, -0.1) is 0 Å². The monoisotopic (exact) mass is 364 g/mol. The van der Waals surface area contributed by atoms with Crippen molar-refractivity contribution in [1.82, 2.24) is 5.32 Å². The molecule has 1 atom stereocenters. The van der Waals surface area contributed by atoms with Crippen molar-refractivity contribution in [2.45, 2.75) is 31.9 Å². The number of ether oxygens (including phenoxy) is 1. The third-order valence-corrected chi connectivity index (χ3v) is 5.29. The molecule has 1 saturated carbocycles. The van der Waals surface area contributed by atoms with Gasteiger partial charge in [0.15, 0.2) is 5.76 Å². The molecular formula is C22H24N2O3. The zero-order chi connectivity index (χ0) is 18.9. The number of fused-ring (bicyclic) bond motifs is 1. The van der Waals surface area contributed by atoms with Crippen molar-refractivity contribution >= 4 is 16.7 Å². The van der Waals surface area contributed by atoms with Crippen LogP contribution in [-0.4, -0.2) is 18.0 Å². The highest BCUT2D eigenvalue weighted by Gasteiger charge is 2.42. The first kappa shape index (κ1) is 17.6. The van der Waals surface area contributed by atoms with Gasteiger partial charge < -0.3 is 20.2 Å². The number of amides is 1. The first-order chi connectivity index (χ1) is 13.1. The summed E-state index contributed by atoms with van der Waals surface area (Å²) in [6.45, 7) is 2.68. The predicted octanol–water partition coefficient (Wildman–Crippen LogP) is 3.87. The Hall–Kier alpha value is -2.79. The molecule has 0 spiro atoms. The van der Waals surface area contributed by atoms with E-state index < -0.39 is 0 Å². The van der Waals surface area contributed by atoms with Gasteiger partial charge >= 0.3 is 0 Å². The number of carbonyl (C=O) groups is 1. The number of carbonyl (C=O) groups excluding carboxylic acids is 1. The van der Waals surface area contributed by atoms with Gasteiger partial charge in [-0.25, -0.2) is 0 Å². The van der Waals surface area contributed by atoms with Gasteiger partial charge in [0.1, 0.15) is 18.1 Å². The second kappa shape index (κ2) is 7.08. The molecule has 0 saturated heterocycles. The van der Waals surface area contributed by atoms with E-state index in [1.807, 2.05) is 43.3 Å². The van der Waals surface area contributed by atoms with Crippen molar-refractivity contribution in [3.8, 4) is 5.75 Å². The molecule has 3 N–H and O–H groups in total. The van der Waals surface area contributed by atoms with Crippen LogP contribution in [0, 0.1) is 5.92 Å². The zero-order valence-corrected chi connectivity index (χ0v) is 15.4. The SMILES string of the molecule is CC(CN)(NC(=O)c1ccc(COc2ccc3ccccc3c2)o1)C1CC1. The fraction of sp³-hybridized carbons (Fsp3) is 0.318. The maximum atomic E-state index is 12.5. The third-order valence-electron chi connectivity index (χ3n) is 5.29. The number of hydrogen-bond donors (Lipinski definition) is 2. The predicted molar refractivity (Wildman–Crippen MR) is 105 cm³/mol. The molecule has 1 unspecified atom stereocenters. The summed E-state index contributed by atoms with van der Waals surface area (Å²) < 4.78 is 11.5. The molecule has 140 valence electrons. The van der Waals surface area contributed by atoms with Crippen LogP contribution in [0.3, 0.4) is 0 Å². The van der Waals surface area contributed by atoms with Crippen molar-refractivity contribution in [3.63, 3.8) is 0 Å². The van der Waals surface area contributed by atoms with Gasteiger partial charge in [-0.05, 0) is 60.7 Å². The lowest BCUT2D eigenvalue weighted by Gasteiger charge is -2.28. The van der Waals surface area contributed by atoms with E-state index in [1.165, 1.54) is 5.39 Å². The number of nitrogens with two attached hydrogens (primary N) is 1. The summed E-state index contributed by atoms with van der Waals surface area (Å²) in [5, 5.41) is 5.32. The van der Waals surface area contributed by atoms with Crippen molar-refractivity contribution < 1.29 is 13.9 Å². The summed E-state index contributed by atoms with van der Waals surface area (Å²) in [6.07, 6.45) is 2.22. The zero-order valence-electron chi connectivity index (χ0n) is 15.4. The topological polar surface area (TPSA) is 77.5 Å². The number of nitrogens with one attached hydrogen (secondary N) is 1. The second-order valence-corrected chi connectivity index (χ2v) is 7.41. The summed E-state index contributed by atoms with van der Waals surface area (Å²) >= 11 is 0. The van der Waals surface area contributed by atoms with Gasteiger partial charge in [-0.2, -0.15) is 0 Å². The minimum Gasteiger partial charge on any atom is -0.486 e. The standard InChI is InChI=1S/C22H24N2O3/c1-22(14-23,17-7-8-17)24-21(25)20-11-10-19(27-20)13-26-18-9-6-15-4-2-3-5-16(15)12-18/h2-6,9-12,17H,7-8,13-14,23H2,1H3,(H,24,25). The highest BCUT2D eigenvalue weighted by atomic mass is 16.5. The van der Waals surface area contributed by atoms with Crippen molar-refractivity contribution in [2.24, 2.45) is 11.7 Å². The van der Waals surface area contributed by atoms with Gasteiger partial charge in [0.25, 0.3) is 5.91 Å². The lowest BCUT2D eigenvalue weighted by molar-refractivity contribution is 0.0865. The van der Waals surface area contributed by atoms with E-state index >= 15 is 0 Å². The van der Waals surface area contributed by atoms with Gasteiger partial charge in [0.2, 0.25) is 0 Å². The molecule has 5 nitrogen and oxygen atoms in total. The van der Waals surface area contributed by atoms with Crippen LogP contribution in [0.2, 0.25) is 0 Å². The maximum absolute atomic E-state index is 12.5. The molecule has 1 fully saturated rings. The first-order valence-corrected chi connectivity index (χ1v) is 9.30. The molecule has 1 aliphatic carbocycles. The van der Waals surface area contributed by atoms with Crippen LogP contribution in [-0.2, 0) is 6.61 Å². The fourth-order valence-corrected chi connectivity index (χ4v) is 3.35. The number of rotatable bonds is 7. The van der Waals surface area contributed by atoms with E-state index in [1.54, 1.807) is 12.1 Å². The van der Waals surface area contributed by atoms with Crippen LogP contribution in [0.25, 0.3) is 10.8 Å². The van der Waals surface area contributed by atoms with Gasteiger partial charge in [-0.3, -0.25) is 4.79 Å². The van der Waals surface area contributed by atoms with Gasteiger partial charge in [0.05, 0.1) is 5.54 Å². The van der Waals surface area contributed by atoms with Crippen molar-refractivity contribution in [3.05, 3.63) is 66.1 Å². The minimum absolute atomic E-state index is 0.230. The summed E-state index contributed by atoms with van der Waals surface area (Å²) in [6, 6.07) is 17.5. The molecule has 0 aliphatic heterocycles. The van der Waals surface area contributed by atoms with E-state index in [0.717, 1.165) is 24.0 Å². The van der Waals surface area contributed by atoms with E-state index in [4.69, 9.17) is 14.9 Å². The molecule has 5 heteroatoms. The Bertz CT molecular complexity index is 961. The van der Waals surface area contributed by atoms with Crippen LogP contribution in [0.4, 0.5) is 0 Å². The Balaban J connectivity index is 1.39. The summed E-state index contributed by atoms with van der Waals surface area (Å²) in [4.78, 5) is 12.5. The molecule has 27 heavy (non-hydrogen) atoms. The van der Waals surface area contributed by atoms with Gasteiger partial charge in [0, 0.05) is 6.54 Å². The molecule has 4 rings (SSSR count). The van der Waals surface area contributed by atoms with E-state index in [9.17, 15) is 4.79 Å². The highest BCUT2D eigenvalue weighted by molar-refractivity contribution is 5.92. The molecular weight excluding hydrogens is 340 g/mol. The molecule has 1 heterocycles. The Morgan fingerprint density at radius 3 is 2.70 bits per heavy atom. The van der Waals surface area contributed by atoms with Crippen molar-refractivity contribution in [2.75, 3.05) is 6.54 Å². The normalized spacial score (nSPS) is 16.1. The molecule has 3 aromatic rings. The molecule has 0 radical (unpaired) electrons. The Morgan fingerprint density at radius 2 is 1.96 bits per heavy atom. The van der Waals surface area contributed by atoms with Crippen LogP contribution in [0.1, 0.15) is 36.1 Å². The largest absolute Gasteiger partial charge is 0.486 e. The van der Waals surface area contributed by atoms with Gasteiger partial charge in [-0.1, -0.05) is 30.3 Å². The van der Waals surface area contributed by atoms with Crippen molar-refractivity contribution in [1.29, 1.82) is 0 Å². The minimum atomic E-state index is -0.369. The number of hydrogen-bond acceptors (Lipinski definition) is 4. The highest BCUT2D eigenvalue weighted by Crippen LogP contribution is 2.39. The van der Waals surface area contributed by atoms with E-state index in [0.29, 0.717) is 18.2 Å². The Morgan fingerprint density at radius 1 is 1.19 bits per heavy atom. The lowest BCUT2D eigenvalue weighted by Crippen LogP contribution is -2.53. The summed E-state index contributed by atoms with van der Waals surface area (Å²) in [5.41, 5.74) is 5.50. The maximum Gasteiger partial charge on any atom is 0.287 e. The number of furan rings is 1. The van der Waals surface area contributed by atoms with E-state index in [-0.39, 0.29) is 23.8 Å².